The number of tetrazole rings is 1. The molecule has 244 valence electrons. The molecule has 0 radical (unpaired) electrons. The number of esters is 1. The zero-order valence-corrected chi connectivity index (χ0v) is 27.1. The number of amides is 1. The number of aromatic nitrogens is 4. The van der Waals surface area contributed by atoms with Crippen LogP contribution in [0.15, 0.2) is 11.6 Å². The zero-order valence-electron chi connectivity index (χ0n) is 27.1. The molecule has 44 heavy (non-hydrogen) atoms. The third kappa shape index (κ3) is 4.25. The Kier molecular flexibility index (Phi) is 7.18. The van der Waals surface area contributed by atoms with Crippen molar-refractivity contribution < 1.29 is 27.5 Å². The van der Waals surface area contributed by atoms with Crippen LogP contribution in [-0.2, 0) is 14.3 Å². The number of allylic oxidation sites excluding steroid dienone is 2. The molecule has 0 aromatic carbocycles. The normalized spacial score (nSPS) is 44.6. The fourth-order valence-corrected chi connectivity index (χ4v) is 11.7. The number of fused-ring (bicyclic) bond motifs is 7. The first-order chi connectivity index (χ1) is 20.4. The Bertz CT molecular complexity index is 1350. The number of aromatic amines is 1. The Morgan fingerprint density at radius 3 is 2.36 bits per heavy atom. The van der Waals surface area contributed by atoms with E-state index in [1.165, 1.54) is 5.57 Å². The molecule has 5 aliphatic rings. The van der Waals surface area contributed by atoms with Crippen molar-refractivity contribution in [3.8, 4) is 0 Å². The van der Waals surface area contributed by atoms with E-state index in [-0.39, 0.29) is 39.9 Å². The van der Waals surface area contributed by atoms with Gasteiger partial charge in [-0.1, -0.05) is 65.2 Å². The van der Waals surface area contributed by atoms with Crippen LogP contribution in [0.25, 0.3) is 0 Å². The minimum Gasteiger partial charge on any atom is -0.455 e. The topological polar surface area (TPSA) is 110 Å². The molecule has 4 fully saturated rings. The molecular weight excluding hydrogens is 571 g/mol. The number of alkyl halides is 3. The van der Waals surface area contributed by atoms with Crippen LogP contribution in [0.5, 0.6) is 0 Å². The highest BCUT2D eigenvalue weighted by Crippen LogP contribution is 2.76. The Labute approximate surface area is 258 Å². The summed E-state index contributed by atoms with van der Waals surface area (Å²) in [4.78, 5) is 26.0. The zero-order chi connectivity index (χ0) is 32.1. The highest BCUT2D eigenvalue weighted by atomic mass is 19.4. The molecule has 0 aliphatic heterocycles. The largest absolute Gasteiger partial charge is 0.490 e. The van der Waals surface area contributed by atoms with E-state index in [1.54, 1.807) is 0 Å². The lowest BCUT2D eigenvalue weighted by Gasteiger charge is -2.71. The number of H-pyrrole nitrogens is 1. The van der Waals surface area contributed by atoms with E-state index in [9.17, 15) is 22.8 Å². The average molecular weight is 620 g/mol. The lowest BCUT2D eigenvalue weighted by molar-refractivity contribution is -0.233. The average Bonchev–Trinajstić information content (AvgIpc) is 3.45. The van der Waals surface area contributed by atoms with Crippen molar-refractivity contribution in [2.45, 2.75) is 119 Å². The fourth-order valence-electron chi connectivity index (χ4n) is 11.7. The molecule has 0 spiro atoms. The fraction of sp³-hybridized carbons (Fsp3) is 0.848. The van der Waals surface area contributed by atoms with Gasteiger partial charge < -0.3 is 4.74 Å². The van der Waals surface area contributed by atoms with E-state index in [2.05, 4.69) is 66.6 Å². The second-order valence-electron chi connectivity index (χ2n) is 16.2. The number of nitrogens with one attached hydrogen (secondary N) is 2. The maximum atomic E-state index is 14.1. The van der Waals surface area contributed by atoms with Crippen LogP contribution in [0, 0.1) is 56.7 Å². The molecule has 11 heteroatoms. The molecule has 1 aromatic rings. The molecule has 8 nitrogen and oxygen atoms in total. The van der Waals surface area contributed by atoms with Crippen LogP contribution in [0.1, 0.15) is 106 Å². The van der Waals surface area contributed by atoms with Gasteiger partial charge in [0.05, 0.1) is 5.41 Å². The molecule has 2 N–H and O–H groups in total. The van der Waals surface area contributed by atoms with Gasteiger partial charge in [0.2, 0.25) is 5.91 Å². The van der Waals surface area contributed by atoms with Crippen molar-refractivity contribution in [2.24, 2.45) is 56.7 Å². The van der Waals surface area contributed by atoms with E-state index < -0.39 is 29.1 Å². The summed E-state index contributed by atoms with van der Waals surface area (Å²) in [6, 6.07) is 0. The lowest BCUT2D eigenvalue weighted by Crippen LogP contribution is -2.66. The van der Waals surface area contributed by atoms with Crippen molar-refractivity contribution >= 4 is 17.8 Å². The first-order valence-corrected chi connectivity index (χ1v) is 16.4. The molecule has 1 heterocycles. The van der Waals surface area contributed by atoms with Crippen molar-refractivity contribution in [3.63, 3.8) is 0 Å². The summed E-state index contributed by atoms with van der Waals surface area (Å²) in [6.07, 6.45) is 4.09. The van der Waals surface area contributed by atoms with Gasteiger partial charge in [0.15, 0.2) is 0 Å². The first kappa shape index (κ1) is 31.5. The Hall–Kier alpha value is -2.46. The maximum Gasteiger partial charge on any atom is 0.490 e. The van der Waals surface area contributed by atoms with Crippen molar-refractivity contribution in [1.29, 1.82) is 0 Å². The molecule has 1 aromatic heterocycles. The number of anilines is 1. The molecule has 6 rings (SSSR count). The lowest BCUT2D eigenvalue weighted by atomic mass is 9.33. The number of hydrogen-bond acceptors (Lipinski definition) is 6. The number of ether oxygens (including phenoxy) is 1. The van der Waals surface area contributed by atoms with Gasteiger partial charge >= 0.3 is 12.1 Å². The molecule has 1 amide bonds. The third-order valence-corrected chi connectivity index (χ3v) is 14.4. The van der Waals surface area contributed by atoms with Crippen molar-refractivity contribution in [1.82, 2.24) is 20.6 Å². The van der Waals surface area contributed by atoms with Gasteiger partial charge in [-0.3, -0.25) is 10.1 Å². The highest BCUT2D eigenvalue weighted by molar-refractivity contribution is 5.94. The predicted molar refractivity (Wildman–Crippen MR) is 158 cm³/mol. The van der Waals surface area contributed by atoms with Gasteiger partial charge in [-0.2, -0.15) is 18.4 Å². The standard InChI is InChI=1S/C33H48F3N5O3/c1-18-10-15-32(25(42)37-27-38-40-41-39-27)17-16-30(6)20(24(32)19(18)2)8-9-22-29(5)13-12-23(44-26(43)33(34,35)36)28(3,4)21(29)11-14-31(22,30)7/h8,18-19,21-24H,9-17H2,1-7H3,(H2,37,38,39,40,41,42)/t18-,19+,21+,22-,23+,24+,29+,30-,31-,32+/m1/s1. The van der Waals surface area contributed by atoms with Gasteiger partial charge in [-0.15, -0.1) is 5.10 Å². The molecule has 0 bridgehead atoms. The van der Waals surface area contributed by atoms with Crippen LogP contribution in [-0.4, -0.2) is 44.8 Å². The quantitative estimate of drug-likeness (QED) is 0.272. The SMILES string of the molecule is C[C@H]1[C@H](C)CC[C@]2(C(=O)Nc3nn[nH]n3)CC[C@]3(C)C(=CC[C@@H]4[C@@]5(C)CC[C@H](OC(=O)C(F)(F)F)C(C)(C)[C@@H]5CC[C@]43C)[C@H]12. The number of carbonyl (C=O) groups is 2. The smallest absolute Gasteiger partial charge is 0.455 e. The van der Waals surface area contributed by atoms with Gasteiger partial charge in [0.25, 0.3) is 5.95 Å². The first-order valence-electron chi connectivity index (χ1n) is 16.4. The molecule has 0 unspecified atom stereocenters. The second-order valence-corrected chi connectivity index (χ2v) is 16.2. The van der Waals surface area contributed by atoms with Crippen LogP contribution in [0.4, 0.5) is 19.1 Å². The van der Waals surface area contributed by atoms with Crippen LogP contribution >= 0.6 is 0 Å². The molecule has 5 aliphatic carbocycles. The second kappa shape index (κ2) is 10.0. The van der Waals surface area contributed by atoms with E-state index in [0.717, 1.165) is 51.4 Å². The Morgan fingerprint density at radius 2 is 1.70 bits per heavy atom. The molecule has 0 saturated heterocycles. The number of halogens is 3. The van der Waals surface area contributed by atoms with Crippen molar-refractivity contribution in [3.05, 3.63) is 11.6 Å². The molecule has 4 saturated carbocycles. The summed E-state index contributed by atoms with van der Waals surface area (Å²) in [7, 11) is 0. The summed E-state index contributed by atoms with van der Waals surface area (Å²) in [5, 5.41) is 17.0. The number of rotatable bonds is 3. The Morgan fingerprint density at radius 1 is 0.977 bits per heavy atom. The van der Waals surface area contributed by atoms with Gasteiger partial charge in [-0.05, 0) is 109 Å². The van der Waals surface area contributed by atoms with Gasteiger partial charge in [0, 0.05) is 5.41 Å². The summed E-state index contributed by atoms with van der Waals surface area (Å²) in [5.41, 5.74) is 0.0504. The number of carbonyl (C=O) groups excluding carboxylic acids is 2. The van der Waals surface area contributed by atoms with E-state index in [0.29, 0.717) is 24.2 Å². The van der Waals surface area contributed by atoms with E-state index in [1.807, 2.05) is 13.8 Å². The van der Waals surface area contributed by atoms with Gasteiger partial charge in [0.1, 0.15) is 6.10 Å². The minimum atomic E-state index is -4.99. The summed E-state index contributed by atoms with van der Waals surface area (Å²) < 4.78 is 44.6. The minimum absolute atomic E-state index is 0.0120. The van der Waals surface area contributed by atoms with Crippen LogP contribution < -0.4 is 5.32 Å². The molecule has 10 atom stereocenters. The highest BCUT2D eigenvalue weighted by Gasteiger charge is 2.70. The van der Waals surface area contributed by atoms with Crippen LogP contribution in [0.2, 0.25) is 0 Å². The summed E-state index contributed by atoms with van der Waals surface area (Å²) in [5.74, 6) is -0.503. The number of hydrogen-bond donors (Lipinski definition) is 2. The Balaban J connectivity index is 1.35. The third-order valence-electron chi connectivity index (χ3n) is 14.4. The monoisotopic (exact) mass is 619 g/mol. The molecular formula is C33H48F3N5O3. The van der Waals surface area contributed by atoms with E-state index in [4.69, 9.17) is 4.74 Å². The summed E-state index contributed by atoms with van der Waals surface area (Å²) >= 11 is 0. The maximum absolute atomic E-state index is 14.1. The van der Waals surface area contributed by atoms with Gasteiger partial charge in [-0.25, -0.2) is 4.79 Å². The van der Waals surface area contributed by atoms with E-state index >= 15 is 0 Å². The summed E-state index contributed by atoms with van der Waals surface area (Å²) in [6.45, 7) is 15.9. The van der Waals surface area contributed by atoms with Crippen LogP contribution in [0.3, 0.4) is 0 Å². The predicted octanol–water partition coefficient (Wildman–Crippen LogP) is 7.27. The van der Waals surface area contributed by atoms with Crippen molar-refractivity contribution in [2.75, 3.05) is 5.32 Å². The number of nitrogens with zero attached hydrogens (tertiary/aromatic N) is 3.